The van der Waals surface area contributed by atoms with Gasteiger partial charge in [0.1, 0.15) is 0 Å². The minimum Gasteiger partial charge on any atom is -0.357 e. The number of benzene rings is 1. The number of aliphatic imine (C=N–C) groups is 1. The first-order valence-corrected chi connectivity index (χ1v) is 12.4. The van der Waals surface area contributed by atoms with Crippen molar-refractivity contribution < 1.29 is 8.42 Å². The molecule has 0 aromatic heterocycles. The quantitative estimate of drug-likeness (QED) is 0.356. The third-order valence-corrected chi connectivity index (χ3v) is 6.45. The van der Waals surface area contributed by atoms with Gasteiger partial charge >= 0.3 is 0 Å². The van der Waals surface area contributed by atoms with Crippen LogP contribution in [0.2, 0.25) is 0 Å². The van der Waals surface area contributed by atoms with Crippen molar-refractivity contribution >= 4 is 15.8 Å². The fourth-order valence-corrected chi connectivity index (χ4v) is 4.44. The molecule has 0 bridgehead atoms. The van der Waals surface area contributed by atoms with Crippen LogP contribution in [0.1, 0.15) is 30.9 Å². The molecule has 0 saturated carbocycles. The first-order chi connectivity index (χ1) is 13.8. The van der Waals surface area contributed by atoms with Gasteiger partial charge < -0.3 is 20.4 Å². The third-order valence-electron chi connectivity index (χ3n) is 5.19. The number of hydrogen-bond donors (Lipinski definition) is 2. The van der Waals surface area contributed by atoms with Gasteiger partial charge in [0.05, 0.1) is 11.4 Å². The van der Waals surface area contributed by atoms with E-state index in [9.17, 15) is 8.42 Å². The molecule has 1 aromatic carbocycles. The highest BCUT2D eigenvalue weighted by Crippen LogP contribution is 2.17. The summed E-state index contributed by atoms with van der Waals surface area (Å²) in [5, 5.41) is 6.68. The minimum absolute atomic E-state index is 0.385. The maximum atomic E-state index is 11.8. The summed E-state index contributed by atoms with van der Waals surface area (Å²) in [6.45, 7) is 11.9. The number of piperazine rings is 1. The van der Waals surface area contributed by atoms with Crippen molar-refractivity contribution in [3.63, 3.8) is 0 Å². The molecule has 1 fully saturated rings. The SMILES string of the molecule is CCNC(=NCc1ccc(S(C)(=O)=O)c(C)c1)NCCCCN1CCN(C)CC1. The molecule has 1 aliphatic rings. The number of rotatable bonds is 9. The number of nitrogens with one attached hydrogen (secondary N) is 2. The molecule has 164 valence electrons. The van der Waals surface area contributed by atoms with Crippen molar-refractivity contribution in [3.05, 3.63) is 29.3 Å². The molecule has 0 spiro atoms. The first kappa shape index (κ1) is 23.6. The molecule has 8 heteroatoms. The Hall–Kier alpha value is -1.64. The monoisotopic (exact) mass is 423 g/mol. The number of sulfone groups is 1. The highest BCUT2D eigenvalue weighted by molar-refractivity contribution is 7.90. The van der Waals surface area contributed by atoms with Gasteiger partial charge in [0, 0.05) is 45.5 Å². The average molecular weight is 424 g/mol. The number of hydrogen-bond acceptors (Lipinski definition) is 5. The largest absolute Gasteiger partial charge is 0.357 e. The van der Waals surface area contributed by atoms with E-state index >= 15 is 0 Å². The second kappa shape index (κ2) is 11.5. The van der Waals surface area contributed by atoms with E-state index in [-0.39, 0.29) is 0 Å². The van der Waals surface area contributed by atoms with E-state index in [4.69, 9.17) is 0 Å². The third kappa shape index (κ3) is 8.32. The summed E-state index contributed by atoms with van der Waals surface area (Å²) in [6.07, 6.45) is 3.53. The van der Waals surface area contributed by atoms with Gasteiger partial charge in [-0.25, -0.2) is 13.4 Å². The van der Waals surface area contributed by atoms with Gasteiger partial charge in [-0.05, 0) is 57.5 Å². The number of aryl methyl sites for hydroxylation is 1. The maximum absolute atomic E-state index is 11.8. The van der Waals surface area contributed by atoms with E-state index in [1.54, 1.807) is 6.07 Å². The van der Waals surface area contributed by atoms with Crippen molar-refractivity contribution in [3.8, 4) is 0 Å². The van der Waals surface area contributed by atoms with Gasteiger partial charge in [0.2, 0.25) is 0 Å². The molecular weight excluding hydrogens is 386 g/mol. The van der Waals surface area contributed by atoms with E-state index in [0.29, 0.717) is 11.4 Å². The summed E-state index contributed by atoms with van der Waals surface area (Å²) in [4.78, 5) is 9.95. The lowest BCUT2D eigenvalue weighted by atomic mass is 10.1. The Balaban J connectivity index is 1.78. The Morgan fingerprint density at radius 3 is 2.48 bits per heavy atom. The van der Waals surface area contributed by atoms with Crippen molar-refractivity contribution in [1.29, 1.82) is 0 Å². The molecule has 1 saturated heterocycles. The fourth-order valence-electron chi connectivity index (χ4n) is 3.48. The predicted molar refractivity (Wildman–Crippen MR) is 120 cm³/mol. The van der Waals surface area contributed by atoms with Crippen molar-refractivity contribution in [2.24, 2.45) is 4.99 Å². The zero-order chi connectivity index (χ0) is 21.3. The van der Waals surface area contributed by atoms with Crippen LogP contribution in [-0.2, 0) is 16.4 Å². The van der Waals surface area contributed by atoms with Gasteiger partial charge in [-0.3, -0.25) is 0 Å². The predicted octanol–water partition coefficient (Wildman–Crippen LogP) is 1.48. The van der Waals surface area contributed by atoms with Crippen LogP contribution in [0.5, 0.6) is 0 Å². The standard InChI is InChI=1S/C21H37N5O2S/c1-5-22-21(23-10-6-7-11-26-14-12-25(3)13-15-26)24-17-19-8-9-20(18(2)16-19)29(4,27)28/h8-9,16H,5-7,10-15,17H2,1-4H3,(H2,22,23,24). The van der Waals surface area contributed by atoms with Crippen LogP contribution in [0.4, 0.5) is 0 Å². The molecule has 0 amide bonds. The first-order valence-electron chi connectivity index (χ1n) is 10.5. The Bertz CT molecular complexity index is 771. The lowest BCUT2D eigenvalue weighted by molar-refractivity contribution is 0.152. The molecule has 2 rings (SSSR count). The number of nitrogens with zero attached hydrogens (tertiary/aromatic N) is 3. The summed E-state index contributed by atoms with van der Waals surface area (Å²) in [5.41, 5.74) is 1.77. The normalized spacial score (nSPS) is 16.8. The van der Waals surface area contributed by atoms with Crippen LogP contribution in [0.15, 0.2) is 28.1 Å². The Kier molecular flexibility index (Phi) is 9.39. The van der Waals surface area contributed by atoms with Gasteiger partial charge in [-0.1, -0.05) is 12.1 Å². The van der Waals surface area contributed by atoms with E-state index in [2.05, 4.69) is 39.4 Å². The molecule has 0 atom stereocenters. The van der Waals surface area contributed by atoms with Crippen LogP contribution < -0.4 is 10.6 Å². The molecule has 0 unspecified atom stereocenters. The van der Waals surface area contributed by atoms with Crippen LogP contribution in [0.25, 0.3) is 0 Å². The zero-order valence-corrected chi connectivity index (χ0v) is 19.2. The Labute approximate surface area is 176 Å². The zero-order valence-electron chi connectivity index (χ0n) is 18.4. The van der Waals surface area contributed by atoms with Crippen LogP contribution in [0.3, 0.4) is 0 Å². The van der Waals surface area contributed by atoms with E-state index in [1.165, 1.54) is 38.9 Å². The van der Waals surface area contributed by atoms with Crippen LogP contribution in [-0.4, -0.2) is 83.3 Å². The Morgan fingerprint density at radius 2 is 1.86 bits per heavy atom. The average Bonchev–Trinajstić information content (AvgIpc) is 2.66. The molecular formula is C21H37N5O2S. The van der Waals surface area contributed by atoms with Crippen LogP contribution in [0, 0.1) is 6.92 Å². The lowest BCUT2D eigenvalue weighted by Gasteiger charge is -2.32. The summed E-state index contributed by atoms with van der Waals surface area (Å²) >= 11 is 0. The van der Waals surface area contributed by atoms with Crippen LogP contribution >= 0.6 is 0 Å². The van der Waals surface area contributed by atoms with E-state index in [0.717, 1.165) is 43.1 Å². The highest BCUT2D eigenvalue weighted by Gasteiger charge is 2.13. The van der Waals surface area contributed by atoms with Gasteiger partial charge in [-0.2, -0.15) is 0 Å². The number of guanidine groups is 1. The summed E-state index contributed by atoms with van der Waals surface area (Å²) in [7, 11) is -1.00. The van der Waals surface area contributed by atoms with Crippen molar-refractivity contribution in [2.45, 2.75) is 38.1 Å². The van der Waals surface area contributed by atoms with Crippen molar-refractivity contribution in [2.75, 3.05) is 59.1 Å². The highest BCUT2D eigenvalue weighted by atomic mass is 32.2. The fraction of sp³-hybridized carbons (Fsp3) is 0.667. The second-order valence-corrected chi connectivity index (χ2v) is 9.83. The molecule has 0 radical (unpaired) electrons. The topological polar surface area (TPSA) is 77.0 Å². The molecule has 2 N–H and O–H groups in total. The summed E-state index contributed by atoms with van der Waals surface area (Å²) in [6, 6.07) is 5.42. The molecule has 29 heavy (non-hydrogen) atoms. The lowest BCUT2D eigenvalue weighted by Crippen LogP contribution is -2.44. The van der Waals surface area contributed by atoms with Gasteiger partial charge in [-0.15, -0.1) is 0 Å². The molecule has 7 nitrogen and oxygen atoms in total. The second-order valence-electron chi connectivity index (χ2n) is 7.85. The smallest absolute Gasteiger partial charge is 0.191 e. The number of likely N-dealkylation sites (N-methyl/N-ethyl adjacent to an activating group) is 1. The number of unbranched alkanes of at least 4 members (excludes halogenated alkanes) is 1. The molecule has 1 aliphatic heterocycles. The van der Waals surface area contributed by atoms with E-state index < -0.39 is 9.84 Å². The summed E-state index contributed by atoms with van der Waals surface area (Å²) < 4.78 is 23.5. The van der Waals surface area contributed by atoms with Gasteiger partial charge in [0.25, 0.3) is 0 Å². The summed E-state index contributed by atoms with van der Waals surface area (Å²) in [5.74, 6) is 0.803. The van der Waals surface area contributed by atoms with Crippen molar-refractivity contribution in [1.82, 2.24) is 20.4 Å². The molecule has 1 aromatic rings. The molecule has 0 aliphatic carbocycles. The minimum atomic E-state index is -3.19. The Morgan fingerprint density at radius 1 is 1.14 bits per heavy atom. The maximum Gasteiger partial charge on any atom is 0.191 e. The molecule has 1 heterocycles. The van der Waals surface area contributed by atoms with Gasteiger partial charge in [0.15, 0.2) is 15.8 Å². The van der Waals surface area contributed by atoms with E-state index in [1.807, 2.05) is 19.1 Å².